The molecule has 5 atom stereocenters. The normalized spacial score (nSPS) is 18.9. The molecule has 4 amide bonds. The Morgan fingerprint density at radius 3 is 2.35 bits per heavy atom. The molecule has 1 fully saturated rings. The van der Waals surface area contributed by atoms with E-state index in [9.17, 15) is 19.2 Å². The fraction of sp³-hybridized carbons (Fsp3) is 0.571. The predicted octanol–water partition coefficient (Wildman–Crippen LogP) is 3.02. The van der Waals surface area contributed by atoms with Gasteiger partial charge in [-0.2, -0.15) is 0 Å². The smallest absolute Gasteiger partial charge is 0.408 e. The van der Waals surface area contributed by atoms with Gasteiger partial charge in [-0.1, -0.05) is 44.4 Å². The molecule has 0 bridgehead atoms. The molecule has 1 aromatic rings. The molecule has 9 heteroatoms. The Bertz CT molecular complexity index is 1040. The first-order chi connectivity index (χ1) is 17.3. The highest BCUT2D eigenvalue weighted by Gasteiger charge is 2.49. The zero-order chi connectivity index (χ0) is 27.9. The van der Waals surface area contributed by atoms with Gasteiger partial charge in [-0.25, -0.2) is 4.79 Å². The second-order valence-electron chi connectivity index (χ2n) is 10.7. The van der Waals surface area contributed by atoms with Crippen molar-refractivity contribution >= 4 is 23.8 Å². The molecule has 37 heavy (non-hydrogen) atoms. The summed E-state index contributed by atoms with van der Waals surface area (Å²) in [5, 5.41) is 5.50. The molecule has 0 saturated heterocycles. The molecule has 0 radical (unpaired) electrons. The number of amides is 4. The maximum absolute atomic E-state index is 14.1. The van der Waals surface area contributed by atoms with E-state index in [4.69, 9.17) is 16.9 Å². The summed E-state index contributed by atoms with van der Waals surface area (Å²) < 4.78 is 5.31. The summed E-state index contributed by atoms with van der Waals surface area (Å²) >= 11 is 0. The van der Waals surface area contributed by atoms with Crippen LogP contribution in [0.3, 0.4) is 0 Å². The van der Waals surface area contributed by atoms with Crippen LogP contribution >= 0.6 is 0 Å². The molecule has 2 rings (SSSR count). The molecule has 0 aromatic heterocycles. The molecule has 9 nitrogen and oxygen atoms in total. The van der Waals surface area contributed by atoms with Crippen LogP contribution in [0.15, 0.2) is 24.3 Å². The van der Waals surface area contributed by atoms with Gasteiger partial charge in [-0.3, -0.25) is 14.4 Å². The van der Waals surface area contributed by atoms with Crippen LogP contribution in [0.1, 0.15) is 84.4 Å². The van der Waals surface area contributed by atoms with Crippen LogP contribution in [-0.2, 0) is 19.1 Å². The number of hydrogen-bond donors (Lipinski definition) is 3. The number of terminal acetylenes is 1. The summed E-state index contributed by atoms with van der Waals surface area (Å²) in [4.78, 5) is 53.7. The molecule has 4 N–H and O–H groups in total. The Balaban J connectivity index is 2.56. The summed E-state index contributed by atoms with van der Waals surface area (Å²) in [7, 11) is 0. The first kappa shape index (κ1) is 29.7. The number of nitrogens with one attached hydrogen (secondary N) is 2. The molecule has 0 spiro atoms. The van der Waals surface area contributed by atoms with Gasteiger partial charge in [0.2, 0.25) is 17.7 Å². The van der Waals surface area contributed by atoms with Gasteiger partial charge in [-0.15, -0.1) is 6.42 Å². The second kappa shape index (κ2) is 12.6. The summed E-state index contributed by atoms with van der Waals surface area (Å²) in [6, 6.07) is 4.15. The van der Waals surface area contributed by atoms with Crippen molar-refractivity contribution in [3.05, 3.63) is 35.4 Å². The molecule has 1 saturated carbocycles. The van der Waals surface area contributed by atoms with Crippen LogP contribution in [0.25, 0.3) is 0 Å². The van der Waals surface area contributed by atoms with Crippen LogP contribution in [-0.4, -0.2) is 52.4 Å². The summed E-state index contributed by atoms with van der Waals surface area (Å²) in [5.74, 6) is 0.960. The lowest BCUT2D eigenvalue weighted by molar-refractivity contribution is -0.144. The second-order valence-corrected chi connectivity index (χ2v) is 10.7. The lowest BCUT2D eigenvalue weighted by Gasteiger charge is -2.35. The number of carbonyl (C=O) groups is 4. The maximum atomic E-state index is 14.1. The van der Waals surface area contributed by atoms with E-state index in [1.165, 1.54) is 4.90 Å². The Morgan fingerprint density at radius 2 is 1.84 bits per heavy atom. The minimum Gasteiger partial charge on any atom is -0.444 e. The molecule has 0 heterocycles. The number of ether oxygens (including phenoxy) is 1. The number of benzene rings is 1. The zero-order valence-electron chi connectivity index (χ0n) is 22.7. The van der Waals surface area contributed by atoms with E-state index in [1.807, 2.05) is 20.8 Å². The summed E-state index contributed by atoms with van der Waals surface area (Å²) in [5.41, 5.74) is 5.59. The fourth-order valence-corrected chi connectivity index (χ4v) is 4.31. The van der Waals surface area contributed by atoms with Crippen LogP contribution in [0.4, 0.5) is 4.79 Å². The van der Waals surface area contributed by atoms with Crippen LogP contribution in [0, 0.1) is 18.3 Å². The van der Waals surface area contributed by atoms with E-state index in [2.05, 4.69) is 16.6 Å². The van der Waals surface area contributed by atoms with Crippen molar-refractivity contribution in [1.82, 2.24) is 15.5 Å². The van der Waals surface area contributed by atoms with E-state index in [1.54, 1.807) is 45.0 Å². The highest BCUT2D eigenvalue weighted by Crippen LogP contribution is 2.41. The number of nitrogens with zero attached hydrogens (tertiary/aromatic N) is 1. The maximum Gasteiger partial charge on any atom is 0.408 e. The van der Waals surface area contributed by atoms with Gasteiger partial charge in [-0.05, 0) is 58.1 Å². The van der Waals surface area contributed by atoms with Gasteiger partial charge in [0.25, 0.3) is 0 Å². The van der Waals surface area contributed by atoms with Crippen molar-refractivity contribution < 1.29 is 23.9 Å². The van der Waals surface area contributed by atoms with Crippen molar-refractivity contribution in [2.24, 2.45) is 11.7 Å². The average molecular weight is 513 g/mol. The van der Waals surface area contributed by atoms with Gasteiger partial charge in [0.1, 0.15) is 17.7 Å². The SMILES string of the molecule is C#Cc1ccccc1C(C(=O)NC(C)CCC)N(C(=O)C(CC(N)=O)NC(=O)OC(C)(C)C)C1CC1C. The fourth-order valence-electron chi connectivity index (χ4n) is 4.31. The van der Waals surface area contributed by atoms with Gasteiger partial charge in [0.05, 0.1) is 6.42 Å². The van der Waals surface area contributed by atoms with E-state index in [-0.39, 0.29) is 23.9 Å². The lowest BCUT2D eigenvalue weighted by atomic mass is 9.96. The quantitative estimate of drug-likeness (QED) is 0.392. The van der Waals surface area contributed by atoms with Crippen LogP contribution < -0.4 is 16.4 Å². The average Bonchev–Trinajstić information content (AvgIpc) is 3.50. The Morgan fingerprint density at radius 1 is 1.22 bits per heavy atom. The minimum atomic E-state index is -1.32. The highest BCUT2D eigenvalue weighted by atomic mass is 16.6. The van der Waals surface area contributed by atoms with Crippen molar-refractivity contribution in [2.75, 3.05) is 0 Å². The Hall–Kier alpha value is -3.54. The Labute approximate surface area is 219 Å². The molecule has 1 aliphatic carbocycles. The van der Waals surface area contributed by atoms with Crippen molar-refractivity contribution in [2.45, 2.75) is 97.0 Å². The number of hydrogen-bond acceptors (Lipinski definition) is 5. The van der Waals surface area contributed by atoms with E-state index in [0.717, 1.165) is 12.8 Å². The van der Waals surface area contributed by atoms with Gasteiger partial charge in [0, 0.05) is 17.6 Å². The highest BCUT2D eigenvalue weighted by molar-refractivity contribution is 5.95. The predicted molar refractivity (Wildman–Crippen MR) is 141 cm³/mol. The number of nitrogens with two attached hydrogens (primary N) is 1. The first-order valence-corrected chi connectivity index (χ1v) is 12.7. The third-order valence-corrected chi connectivity index (χ3v) is 6.12. The zero-order valence-corrected chi connectivity index (χ0v) is 22.7. The monoisotopic (exact) mass is 512 g/mol. The first-order valence-electron chi connectivity index (χ1n) is 12.7. The van der Waals surface area contributed by atoms with E-state index < -0.39 is 42.0 Å². The molecule has 0 aliphatic heterocycles. The molecule has 5 unspecified atom stereocenters. The van der Waals surface area contributed by atoms with E-state index in [0.29, 0.717) is 17.5 Å². The van der Waals surface area contributed by atoms with E-state index >= 15 is 0 Å². The summed E-state index contributed by atoms with van der Waals surface area (Å²) in [6.45, 7) is 10.9. The summed E-state index contributed by atoms with van der Waals surface area (Å²) in [6.07, 6.45) is 6.74. The number of alkyl carbamates (subject to hydrolysis) is 1. The molecule has 1 aromatic carbocycles. The third kappa shape index (κ3) is 8.52. The molecule has 1 aliphatic rings. The van der Waals surface area contributed by atoms with Gasteiger partial charge in [0.15, 0.2) is 0 Å². The third-order valence-electron chi connectivity index (χ3n) is 6.12. The van der Waals surface area contributed by atoms with Crippen molar-refractivity contribution in [1.29, 1.82) is 0 Å². The Kier molecular flexibility index (Phi) is 10.1. The molecule has 202 valence electrons. The van der Waals surface area contributed by atoms with Crippen molar-refractivity contribution in [3.8, 4) is 12.3 Å². The minimum absolute atomic E-state index is 0.112. The number of primary amides is 1. The lowest BCUT2D eigenvalue weighted by Crippen LogP contribution is -2.55. The topological polar surface area (TPSA) is 131 Å². The number of rotatable bonds is 11. The molecular weight excluding hydrogens is 472 g/mol. The van der Waals surface area contributed by atoms with Crippen LogP contribution in [0.2, 0.25) is 0 Å². The van der Waals surface area contributed by atoms with Crippen molar-refractivity contribution in [3.63, 3.8) is 0 Å². The molecular formula is C28H40N4O5. The van der Waals surface area contributed by atoms with Gasteiger partial charge < -0.3 is 26.0 Å². The standard InChI is InChI=1S/C28H40N4O5/c1-8-12-18(4)30-25(34)24(20-14-11-10-13-19(20)9-2)32(22-15-17(22)3)26(35)21(16-23(29)33)31-27(36)37-28(5,6)7/h2,10-11,13-14,17-18,21-22,24H,8,12,15-16H2,1,3-7H3,(H2,29,33)(H,30,34)(H,31,36). The van der Waals surface area contributed by atoms with Crippen LogP contribution in [0.5, 0.6) is 0 Å². The largest absolute Gasteiger partial charge is 0.444 e. The number of carbonyl (C=O) groups excluding carboxylic acids is 4. The van der Waals surface area contributed by atoms with Gasteiger partial charge >= 0.3 is 6.09 Å².